The quantitative estimate of drug-likeness (QED) is 0.314. The van der Waals surface area contributed by atoms with Gasteiger partial charge in [-0.3, -0.25) is 13.9 Å². The van der Waals surface area contributed by atoms with Crippen LogP contribution in [0.25, 0.3) is 0 Å². The Morgan fingerprint density at radius 2 is 1.67 bits per heavy atom. The second kappa shape index (κ2) is 13.7. The summed E-state index contributed by atoms with van der Waals surface area (Å²) in [6.07, 6.45) is 2.98. The number of carbonyl (C=O) groups excluding carboxylic acids is 2. The first-order valence-electron chi connectivity index (χ1n) is 11.3. The normalized spacial score (nSPS) is 12.2. The molecule has 2 aromatic carbocycles. The van der Waals surface area contributed by atoms with Crippen molar-refractivity contribution in [2.45, 2.75) is 45.7 Å². The summed E-state index contributed by atoms with van der Waals surface area (Å²) in [6.45, 7) is 3.67. The molecular formula is C24H29Cl4N3O4S. The summed E-state index contributed by atoms with van der Waals surface area (Å²) in [5.41, 5.74) is 0.736. The first-order valence-corrected chi connectivity index (χ1v) is 14.7. The van der Waals surface area contributed by atoms with Gasteiger partial charge in [0, 0.05) is 23.1 Å². The lowest BCUT2D eigenvalue weighted by Crippen LogP contribution is -2.52. The molecule has 0 saturated carbocycles. The van der Waals surface area contributed by atoms with Crippen molar-refractivity contribution >= 4 is 73.9 Å². The Labute approximate surface area is 232 Å². The molecule has 1 N–H and O–H groups in total. The molecule has 0 aliphatic carbocycles. The van der Waals surface area contributed by atoms with Gasteiger partial charge in [-0.05, 0) is 48.7 Å². The topological polar surface area (TPSA) is 86.8 Å². The zero-order valence-corrected chi connectivity index (χ0v) is 24.1. The fourth-order valence-electron chi connectivity index (χ4n) is 3.51. The van der Waals surface area contributed by atoms with Crippen LogP contribution >= 0.6 is 46.4 Å². The molecule has 0 aliphatic heterocycles. The highest BCUT2D eigenvalue weighted by atomic mass is 35.5. The third kappa shape index (κ3) is 8.42. The maximum atomic E-state index is 13.7. The SMILES string of the molecule is CCCCNC(=O)[C@@H](CC)N(Cc1ccc(Cl)cc1Cl)C(=O)CN(c1ccc(Cl)c(Cl)c1)S(C)(=O)=O. The van der Waals surface area contributed by atoms with E-state index in [1.165, 1.54) is 23.1 Å². The van der Waals surface area contributed by atoms with Crippen molar-refractivity contribution in [1.29, 1.82) is 0 Å². The number of benzene rings is 2. The molecule has 0 unspecified atom stereocenters. The molecule has 198 valence electrons. The lowest BCUT2D eigenvalue weighted by Gasteiger charge is -2.33. The molecule has 2 aromatic rings. The van der Waals surface area contributed by atoms with Gasteiger partial charge in [0.25, 0.3) is 0 Å². The summed E-state index contributed by atoms with van der Waals surface area (Å²) < 4.78 is 26.2. The molecule has 0 spiro atoms. The van der Waals surface area contributed by atoms with Crippen molar-refractivity contribution in [2.24, 2.45) is 0 Å². The van der Waals surface area contributed by atoms with Gasteiger partial charge in [-0.15, -0.1) is 0 Å². The Bertz CT molecular complexity index is 1190. The number of sulfonamides is 1. The average Bonchev–Trinajstić information content (AvgIpc) is 2.80. The molecule has 0 heterocycles. The van der Waals surface area contributed by atoms with Crippen LogP contribution in [0.5, 0.6) is 0 Å². The van der Waals surface area contributed by atoms with Crippen LogP contribution in [-0.4, -0.2) is 50.5 Å². The first-order chi connectivity index (χ1) is 16.9. The Morgan fingerprint density at radius 1 is 0.972 bits per heavy atom. The van der Waals surface area contributed by atoms with Crippen molar-refractivity contribution in [2.75, 3.05) is 23.7 Å². The van der Waals surface area contributed by atoms with Gasteiger partial charge in [0.05, 0.1) is 22.0 Å². The van der Waals surface area contributed by atoms with Crippen LogP contribution in [-0.2, 0) is 26.2 Å². The standard InChI is InChI=1S/C24H29Cl4N3O4S/c1-4-6-11-29-24(33)22(5-2)30(14-16-7-8-17(25)12-20(16)27)23(32)15-31(36(3,34)35)18-9-10-19(26)21(28)13-18/h7-10,12-13,22H,4-6,11,14-15H2,1-3H3,(H,29,33)/t22-/m1/s1. The van der Waals surface area contributed by atoms with E-state index in [0.717, 1.165) is 23.4 Å². The van der Waals surface area contributed by atoms with E-state index in [0.29, 0.717) is 28.6 Å². The van der Waals surface area contributed by atoms with E-state index in [9.17, 15) is 18.0 Å². The van der Waals surface area contributed by atoms with Crippen molar-refractivity contribution in [1.82, 2.24) is 10.2 Å². The van der Waals surface area contributed by atoms with Crippen molar-refractivity contribution < 1.29 is 18.0 Å². The third-order valence-electron chi connectivity index (χ3n) is 5.44. The summed E-state index contributed by atoms with van der Waals surface area (Å²) in [7, 11) is -3.89. The largest absolute Gasteiger partial charge is 0.354 e. The highest BCUT2D eigenvalue weighted by molar-refractivity contribution is 7.92. The number of unbranched alkanes of at least 4 members (excludes halogenated alkanes) is 1. The molecule has 0 fully saturated rings. The van der Waals surface area contributed by atoms with Crippen molar-refractivity contribution in [3.63, 3.8) is 0 Å². The van der Waals surface area contributed by atoms with Gasteiger partial charge in [0.2, 0.25) is 21.8 Å². The zero-order valence-electron chi connectivity index (χ0n) is 20.2. The fourth-order valence-corrected chi connectivity index (χ4v) is 5.12. The van der Waals surface area contributed by atoms with Crippen LogP contribution < -0.4 is 9.62 Å². The molecule has 36 heavy (non-hydrogen) atoms. The summed E-state index contributed by atoms with van der Waals surface area (Å²) >= 11 is 24.4. The highest BCUT2D eigenvalue weighted by Gasteiger charge is 2.32. The number of amides is 2. The minimum absolute atomic E-state index is 0.0203. The van der Waals surface area contributed by atoms with Gasteiger partial charge in [-0.1, -0.05) is 72.7 Å². The summed E-state index contributed by atoms with van der Waals surface area (Å²) in [5.74, 6) is -0.917. The first kappa shape index (κ1) is 30.5. The number of carbonyl (C=O) groups is 2. The van der Waals surface area contributed by atoms with Crippen LogP contribution in [0.1, 0.15) is 38.7 Å². The molecule has 1 atom stereocenters. The van der Waals surface area contributed by atoms with Gasteiger partial charge in [-0.2, -0.15) is 0 Å². The molecule has 0 aromatic heterocycles. The summed E-state index contributed by atoms with van der Waals surface area (Å²) in [4.78, 5) is 28.0. The number of halogens is 4. The van der Waals surface area contributed by atoms with E-state index in [4.69, 9.17) is 46.4 Å². The minimum Gasteiger partial charge on any atom is -0.354 e. The molecule has 0 bridgehead atoms. The molecule has 2 amide bonds. The molecule has 0 saturated heterocycles. The lowest BCUT2D eigenvalue weighted by molar-refractivity contribution is -0.140. The number of anilines is 1. The van der Waals surface area contributed by atoms with Gasteiger partial charge < -0.3 is 10.2 Å². The number of hydrogen-bond donors (Lipinski definition) is 1. The van der Waals surface area contributed by atoms with Crippen LogP contribution in [0.15, 0.2) is 36.4 Å². The molecular weight excluding hydrogens is 568 g/mol. The van der Waals surface area contributed by atoms with E-state index in [1.54, 1.807) is 25.1 Å². The number of rotatable bonds is 12. The van der Waals surface area contributed by atoms with Gasteiger partial charge in [0.15, 0.2) is 0 Å². The molecule has 0 aliphatic rings. The predicted molar refractivity (Wildman–Crippen MR) is 148 cm³/mol. The fraction of sp³-hybridized carbons (Fsp3) is 0.417. The maximum Gasteiger partial charge on any atom is 0.244 e. The molecule has 12 heteroatoms. The van der Waals surface area contributed by atoms with Crippen LogP contribution in [0, 0.1) is 0 Å². The molecule has 0 radical (unpaired) electrons. The van der Waals surface area contributed by atoms with E-state index < -0.39 is 28.5 Å². The van der Waals surface area contributed by atoms with Crippen molar-refractivity contribution in [3.05, 3.63) is 62.1 Å². The monoisotopic (exact) mass is 595 g/mol. The Hall–Kier alpha value is -1.71. The Kier molecular flexibility index (Phi) is 11.6. The van der Waals surface area contributed by atoms with Gasteiger partial charge in [-0.25, -0.2) is 8.42 Å². The second-order valence-electron chi connectivity index (χ2n) is 8.19. The number of nitrogens with zero attached hydrogens (tertiary/aromatic N) is 2. The van der Waals surface area contributed by atoms with Crippen LogP contribution in [0.4, 0.5) is 5.69 Å². The average molecular weight is 597 g/mol. The number of nitrogens with one attached hydrogen (secondary N) is 1. The predicted octanol–water partition coefficient (Wildman–Crippen LogP) is 5.79. The molecule has 2 rings (SSSR count). The third-order valence-corrected chi connectivity index (χ3v) is 7.91. The van der Waals surface area contributed by atoms with Gasteiger partial charge in [0.1, 0.15) is 12.6 Å². The maximum absolute atomic E-state index is 13.7. The second-order valence-corrected chi connectivity index (χ2v) is 11.8. The molecule has 7 nitrogen and oxygen atoms in total. The lowest BCUT2D eigenvalue weighted by atomic mass is 10.1. The van der Waals surface area contributed by atoms with Crippen molar-refractivity contribution in [3.8, 4) is 0 Å². The van der Waals surface area contributed by atoms with Crippen LogP contribution in [0.3, 0.4) is 0 Å². The Morgan fingerprint density at radius 3 is 2.22 bits per heavy atom. The highest BCUT2D eigenvalue weighted by Crippen LogP contribution is 2.29. The van der Waals surface area contributed by atoms with E-state index in [-0.39, 0.29) is 28.2 Å². The van der Waals surface area contributed by atoms with E-state index >= 15 is 0 Å². The summed E-state index contributed by atoms with van der Waals surface area (Å²) in [5, 5.41) is 3.99. The minimum atomic E-state index is -3.89. The van der Waals surface area contributed by atoms with Gasteiger partial charge >= 0.3 is 0 Å². The van der Waals surface area contributed by atoms with E-state index in [2.05, 4.69) is 5.32 Å². The summed E-state index contributed by atoms with van der Waals surface area (Å²) in [6, 6.07) is 8.26. The number of hydrogen-bond acceptors (Lipinski definition) is 4. The Balaban J connectivity index is 2.46. The van der Waals surface area contributed by atoms with E-state index in [1.807, 2.05) is 6.92 Å². The zero-order chi connectivity index (χ0) is 27.0. The smallest absolute Gasteiger partial charge is 0.244 e. The van der Waals surface area contributed by atoms with Crippen LogP contribution in [0.2, 0.25) is 20.1 Å².